The maximum absolute atomic E-state index is 12.2. The number of hydrogen-bond donors (Lipinski definition) is 2. The second-order valence-electron chi connectivity index (χ2n) is 6.92. The largest absolute Gasteiger partial charge is 0.352 e. The van der Waals surface area contributed by atoms with Crippen LogP contribution in [0.25, 0.3) is 11.1 Å². The number of rotatable bonds is 4. The van der Waals surface area contributed by atoms with Crippen LogP contribution in [0.3, 0.4) is 0 Å². The van der Waals surface area contributed by atoms with Gasteiger partial charge < -0.3 is 15.5 Å². The summed E-state index contributed by atoms with van der Waals surface area (Å²) in [5.41, 5.74) is 5.58. The average molecular weight is 345 g/mol. The summed E-state index contributed by atoms with van der Waals surface area (Å²) in [5.74, 6) is 3.55. The third-order valence-electron chi connectivity index (χ3n) is 5.12. The first kappa shape index (κ1) is 16.7. The van der Waals surface area contributed by atoms with Gasteiger partial charge in [0.05, 0.1) is 5.69 Å². The number of nitrogens with zero attached hydrogens (tertiary/aromatic N) is 1. The Hall–Kier alpha value is -2.77. The van der Waals surface area contributed by atoms with Crippen LogP contribution in [0.15, 0.2) is 42.5 Å². The van der Waals surface area contributed by atoms with Crippen LogP contribution in [0.4, 0.5) is 5.69 Å². The molecule has 2 heterocycles. The molecule has 0 aromatic heterocycles. The molecule has 2 aromatic rings. The predicted octanol–water partition coefficient (Wildman–Crippen LogP) is 2.65. The van der Waals surface area contributed by atoms with E-state index in [1.54, 1.807) is 0 Å². The number of carbonyl (C=O) groups excluding carboxylic acids is 1. The Balaban J connectivity index is 1.46. The van der Waals surface area contributed by atoms with Gasteiger partial charge >= 0.3 is 0 Å². The molecule has 0 saturated carbocycles. The van der Waals surface area contributed by atoms with Crippen LogP contribution in [0.5, 0.6) is 0 Å². The van der Waals surface area contributed by atoms with E-state index < -0.39 is 0 Å². The number of fused-ring (bicyclic) bond motifs is 1. The molecule has 0 aliphatic carbocycles. The summed E-state index contributed by atoms with van der Waals surface area (Å²) in [5, 5.41) is 6.23. The van der Waals surface area contributed by atoms with E-state index in [2.05, 4.69) is 45.7 Å². The van der Waals surface area contributed by atoms with Crippen molar-refractivity contribution in [1.82, 2.24) is 10.6 Å². The van der Waals surface area contributed by atoms with Crippen LogP contribution in [-0.2, 0) is 6.42 Å². The molecular weight excluding hydrogens is 322 g/mol. The van der Waals surface area contributed by atoms with Crippen molar-refractivity contribution in [3.05, 3.63) is 53.6 Å². The van der Waals surface area contributed by atoms with Crippen molar-refractivity contribution in [1.29, 1.82) is 0 Å². The van der Waals surface area contributed by atoms with Crippen molar-refractivity contribution < 1.29 is 4.79 Å². The minimum atomic E-state index is 0.00573. The van der Waals surface area contributed by atoms with Crippen LogP contribution in [-0.4, -0.2) is 32.1 Å². The first-order valence-electron chi connectivity index (χ1n) is 9.17. The monoisotopic (exact) mass is 345 g/mol. The summed E-state index contributed by atoms with van der Waals surface area (Å²) in [6.07, 6.45) is 1.02. The highest BCUT2D eigenvalue weighted by atomic mass is 16.1. The topological polar surface area (TPSA) is 44.4 Å². The predicted molar refractivity (Wildman–Crippen MR) is 105 cm³/mol. The van der Waals surface area contributed by atoms with Gasteiger partial charge in [0.1, 0.15) is 0 Å². The average Bonchev–Trinajstić information content (AvgIpc) is 3.03. The molecule has 2 aromatic carbocycles. The molecule has 4 heteroatoms. The molecule has 132 valence electrons. The molecule has 1 amide bonds. The maximum atomic E-state index is 12.2. The number of hydrogen-bond acceptors (Lipinski definition) is 3. The molecule has 0 bridgehead atoms. The van der Waals surface area contributed by atoms with E-state index in [1.165, 1.54) is 16.8 Å². The van der Waals surface area contributed by atoms with Gasteiger partial charge in [-0.15, -0.1) is 0 Å². The van der Waals surface area contributed by atoms with Gasteiger partial charge in [-0.2, -0.15) is 0 Å². The van der Waals surface area contributed by atoms with Crippen molar-refractivity contribution in [2.45, 2.75) is 13.3 Å². The lowest BCUT2D eigenvalue weighted by Gasteiger charge is -2.27. The summed E-state index contributed by atoms with van der Waals surface area (Å²) in [6, 6.07) is 17.5. The van der Waals surface area contributed by atoms with Crippen molar-refractivity contribution in [3.8, 4) is 23.1 Å². The fourth-order valence-corrected chi connectivity index (χ4v) is 3.48. The van der Waals surface area contributed by atoms with E-state index in [9.17, 15) is 4.79 Å². The van der Waals surface area contributed by atoms with E-state index in [1.807, 2.05) is 31.2 Å². The summed E-state index contributed by atoms with van der Waals surface area (Å²) in [4.78, 5) is 14.4. The van der Waals surface area contributed by atoms with Crippen molar-refractivity contribution in [3.63, 3.8) is 0 Å². The molecule has 0 unspecified atom stereocenters. The Morgan fingerprint density at radius 2 is 1.96 bits per heavy atom. The molecule has 1 fully saturated rings. The fourth-order valence-electron chi connectivity index (χ4n) is 3.48. The maximum Gasteiger partial charge on any atom is 0.251 e. The number of carbonyl (C=O) groups is 1. The first-order valence-corrected chi connectivity index (χ1v) is 9.17. The van der Waals surface area contributed by atoms with Crippen LogP contribution in [0.1, 0.15) is 22.8 Å². The van der Waals surface area contributed by atoms with E-state index in [0.717, 1.165) is 38.2 Å². The number of anilines is 1. The minimum absolute atomic E-state index is 0.00573. The normalized spacial score (nSPS) is 15.7. The number of benzene rings is 2. The lowest BCUT2D eigenvalue weighted by Crippen LogP contribution is -2.48. The minimum Gasteiger partial charge on any atom is -0.352 e. The second kappa shape index (κ2) is 7.23. The Morgan fingerprint density at radius 1 is 1.19 bits per heavy atom. The molecule has 0 radical (unpaired) electrons. The molecule has 4 rings (SSSR count). The standard InChI is InChI=1S/C22H23N3O/c1-2-10-25-11-9-20-12-19(7-8-21(20)25)17-3-5-18(6-4-17)22(26)24-15-16-13-23-14-16/h3-8,12,16,23H,9,11,13-15H2,1H3,(H,24,26). The van der Waals surface area contributed by atoms with Gasteiger partial charge in [-0.3, -0.25) is 4.79 Å². The summed E-state index contributed by atoms with van der Waals surface area (Å²) in [7, 11) is 0. The first-order chi connectivity index (χ1) is 12.7. The zero-order chi connectivity index (χ0) is 17.9. The van der Waals surface area contributed by atoms with Crippen LogP contribution in [0, 0.1) is 17.9 Å². The highest BCUT2D eigenvalue weighted by molar-refractivity contribution is 5.94. The van der Waals surface area contributed by atoms with Gasteiger partial charge in [0.15, 0.2) is 0 Å². The summed E-state index contributed by atoms with van der Waals surface area (Å²) in [6.45, 7) is 5.57. The second-order valence-corrected chi connectivity index (χ2v) is 6.92. The van der Waals surface area contributed by atoms with Gasteiger partial charge in [-0.1, -0.05) is 24.1 Å². The van der Waals surface area contributed by atoms with Gasteiger partial charge in [0.25, 0.3) is 5.91 Å². The van der Waals surface area contributed by atoms with Gasteiger partial charge in [0, 0.05) is 43.7 Å². The van der Waals surface area contributed by atoms with E-state index in [0.29, 0.717) is 11.5 Å². The Bertz CT molecular complexity index is 872. The summed E-state index contributed by atoms with van der Waals surface area (Å²) < 4.78 is 0. The molecular formula is C22H23N3O. The molecule has 0 atom stereocenters. The molecule has 2 aliphatic rings. The fraction of sp³-hybridized carbons (Fsp3) is 0.318. The third kappa shape index (κ3) is 3.31. The van der Waals surface area contributed by atoms with Crippen molar-refractivity contribution in [2.24, 2.45) is 5.92 Å². The molecule has 4 nitrogen and oxygen atoms in total. The Labute approximate surface area is 154 Å². The smallest absolute Gasteiger partial charge is 0.251 e. The lowest BCUT2D eigenvalue weighted by atomic mass is 10.00. The molecule has 1 saturated heterocycles. The highest BCUT2D eigenvalue weighted by Gasteiger charge is 2.19. The van der Waals surface area contributed by atoms with Gasteiger partial charge in [0.2, 0.25) is 0 Å². The van der Waals surface area contributed by atoms with Crippen LogP contribution in [0.2, 0.25) is 0 Å². The van der Waals surface area contributed by atoms with Crippen molar-refractivity contribution >= 4 is 11.6 Å². The lowest BCUT2D eigenvalue weighted by molar-refractivity contribution is 0.0942. The van der Waals surface area contributed by atoms with E-state index in [-0.39, 0.29) is 5.91 Å². The molecule has 26 heavy (non-hydrogen) atoms. The van der Waals surface area contributed by atoms with Gasteiger partial charge in [-0.25, -0.2) is 0 Å². The number of nitrogens with one attached hydrogen (secondary N) is 2. The zero-order valence-corrected chi connectivity index (χ0v) is 15.0. The van der Waals surface area contributed by atoms with E-state index >= 15 is 0 Å². The molecule has 2 aliphatic heterocycles. The highest BCUT2D eigenvalue weighted by Crippen LogP contribution is 2.32. The quantitative estimate of drug-likeness (QED) is 0.838. The van der Waals surface area contributed by atoms with Crippen molar-refractivity contribution in [2.75, 3.05) is 31.1 Å². The Kier molecular flexibility index (Phi) is 4.64. The molecule has 2 N–H and O–H groups in total. The zero-order valence-electron chi connectivity index (χ0n) is 15.0. The SMILES string of the molecule is CC#CN1CCc2cc(-c3ccc(C(=O)NCC4CNC4)cc3)ccc21. The summed E-state index contributed by atoms with van der Waals surface area (Å²) >= 11 is 0. The number of amides is 1. The van der Waals surface area contributed by atoms with Gasteiger partial charge in [-0.05, 0) is 54.3 Å². The third-order valence-corrected chi connectivity index (χ3v) is 5.12. The molecule has 0 spiro atoms. The van der Waals surface area contributed by atoms with Crippen LogP contribution >= 0.6 is 0 Å². The Morgan fingerprint density at radius 3 is 2.65 bits per heavy atom. The van der Waals surface area contributed by atoms with E-state index in [4.69, 9.17) is 0 Å². The van der Waals surface area contributed by atoms with Crippen LogP contribution < -0.4 is 15.5 Å².